The number of hydrogen-bond donors (Lipinski definition) is 1. The summed E-state index contributed by atoms with van der Waals surface area (Å²) in [5, 5.41) is 9.54. The summed E-state index contributed by atoms with van der Waals surface area (Å²) in [4.78, 5) is 9.36. The van der Waals surface area contributed by atoms with Gasteiger partial charge in [-0.1, -0.05) is 0 Å². The topological polar surface area (TPSA) is 44.5 Å². The Morgan fingerprint density at radius 2 is 1.85 bits per heavy atom. The minimum Gasteiger partial charge on any atom is -0.393 e. The number of rotatable bonds is 3. The van der Waals surface area contributed by atoms with Crippen LogP contribution in [0.1, 0.15) is 37.4 Å². The minimum absolute atomic E-state index is 0.0944. The molecule has 0 amide bonds. The van der Waals surface area contributed by atoms with Crippen LogP contribution in [0.3, 0.4) is 0 Å². The number of aliphatic hydroxyl groups is 1. The highest BCUT2D eigenvalue weighted by Gasteiger charge is 2.20. The van der Waals surface area contributed by atoms with Crippen LogP contribution in [-0.2, 0) is 6.54 Å². The SMILES string of the molecule is CN1CCC(n2cnc(CN3CCC(O)CC3)c2)CC1. The van der Waals surface area contributed by atoms with Crippen LogP contribution in [0.4, 0.5) is 0 Å². The zero-order valence-corrected chi connectivity index (χ0v) is 12.4. The lowest BCUT2D eigenvalue weighted by molar-refractivity contribution is 0.0787. The predicted molar refractivity (Wildman–Crippen MR) is 78.5 cm³/mol. The molecule has 0 aromatic carbocycles. The van der Waals surface area contributed by atoms with Crippen molar-refractivity contribution in [1.29, 1.82) is 0 Å². The molecule has 0 unspecified atom stereocenters. The monoisotopic (exact) mass is 278 g/mol. The van der Waals surface area contributed by atoms with Crippen LogP contribution in [-0.4, -0.2) is 63.8 Å². The van der Waals surface area contributed by atoms with Crippen LogP contribution in [0.5, 0.6) is 0 Å². The summed E-state index contributed by atoms with van der Waals surface area (Å²) < 4.78 is 2.31. The first kappa shape index (κ1) is 14.0. The third-order valence-corrected chi connectivity index (χ3v) is 4.71. The average Bonchev–Trinajstić information content (AvgIpc) is 2.91. The molecule has 1 aromatic heterocycles. The second-order valence-electron chi connectivity index (χ2n) is 6.35. The van der Waals surface area contributed by atoms with E-state index in [0.717, 1.165) is 32.5 Å². The zero-order chi connectivity index (χ0) is 13.9. The first-order valence-electron chi connectivity index (χ1n) is 7.82. The van der Waals surface area contributed by atoms with E-state index in [4.69, 9.17) is 0 Å². The molecule has 2 aliphatic heterocycles. The molecule has 1 N–H and O–H groups in total. The van der Waals surface area contributed by atoms with Gasteiger partial charge in [-0.15, -0.1) is 0 Å². The quantitative estimate of drug-likeness (QED) is 0.899. The lowest BCUT2D eigenvalue weighted by Gasteiger charge is -2.30. The van der Waals surface area contributed by atoms with Crippen molar-refractivity contribution in [3.05, 3.63) is 18.2 Å². The first-order chi connectivity index (χ1) is 9.70. The summed E-state index contributed by atoms with van der Waals surface area (Å²) in [5.41, 5.74) is 1.17. The molecule has 5 nitrogen and oxygen atoms in total. The van der Waals surface area contributed by atoms with Crippen molar-refractivity contribution in [1.82, 2.24) is 19.4 Å². The van der Waals surface area contributed by atoms with Gasteiger partial charge in [0, 0.05) is 31.9 Å². The van der Waals surface area contributed by atoms with Gasteiger partial charge in [-0.2, -0.15) is 0 Å². The van der Waals surface area contributed by atoms with Gasteiger partial charge in [-0.25, -0.2) is 4.98 Å². The summed E-state index contributed by atoms with van der Waals surface area (Å²) in [6.07, 6.45) is 8.38. The van der Waals surface area contributed by atoms with Gasteiger partial charge in [0.15, 0.2) is 0 Å². The van der Waals surface area contributed by atoms with Crippen molar-refractivity contribution in [2.45, 2.75) is 44.4 Å². The molecule has 20 heavy (non-hydrogen) atoms. The lowest BCUT2D eigenvalue weighted by Crippen LogP contribution is -2.35. The van der Waals surface area contributed by atoms with E-state index in [9.17, 15) is 5.11 Å². The highest BCUT2D eigenvalue weighted by Crippen LogP contribution is 2.22. The van der Waals surface area contributed by atoms with Gasteiger partial charge >= 0.3 is 0 Å². The van der Waals surface area contributed by atoms with E-state index in [1.807, 2.05) is 6.33 Å². The Morgan fingerprint density at radius 1 is 1.15 bits per heavy atom. The molecule has 0 saturated carbocycles. The number of nitrogens with zero attached hydrogens (tertiary/aromatic N) is 4. The summed E-state index contributed by atoms with van der Waals surface area (Å²) >= 11 is 0. The Labute approximate surface area is 121 Å². The van der Waals surface area contributed by atoms with E-state index >= 15 is 0 Å². The van der Waals surface area contributed by atoms with E-state index < -0.39 is 0 Å². The third kappa shape index (κ3) is 3.40. The molecular weight excluding hydrogens is 252 g/mol. The van der Waals surface area contributed by atoms with Crippen molar-refractivity contribution < 1.29 is 5.11 Å². The molecule has 3 heterocycles. The molecular formula is C15H26N4O. The number of imidazole rings is 1. The standard InChI is InChI=1S/C15H26N4O/c1-17-6-2-14(3-7-17)19-11-13(16-12-19)10-18-8-4-15(20)5-9-18/h11-12,14-15,20H,2-10H2,1H3. The van der Waals surface area contributed by atoms with Gasteiger partial charge in [-0.3, -0.25) is 4.90 Å². The predicted octanol–water partition coefficient (Wildman–Crippen LogP) is 1.11. The molecule has 2 fully saturated rings. The van der Waals surface area contributed by atoms with Gasteiger partial charge in [0.2, 0.25) is 0 Å². The van der Waals surface area contributed by atoms with Gasteiger partial charge in [0.25, 0.3) is 0 Å². The maximum Gasteiger partial charge on any atom is 0.0952 e. The average molecular weight is 278 g/mol. The molecule has 2 aliphatic rings. The summed E-state index contributed by atoms with van der Waals surface area (Å²) in [5.74, 6) is 0. The van der Waals surface area contributed by atoms with Gasteiger partial charge < -0.3 is 14.6 Å². The minimum atomic E-state index is -0.0944. The number of aliphatic hydroxyl groups excluding tert-OH is 1. The molecule has 0 bridgehead atoms. The zero-order valence-electron chi connectivity index (χ0n) is 12.4. The van der Waals surface area contributed by atoms with Crippen molar-refractivity contribution in [3.8, 4) is 0 Å². The molecule has 2 saturated heterocycles. The van der Waals surface area contributed by atoms with Gasteiger partial charge in [0.1, 0.15) is 0 Å². The number of piperidine rings is 2. The molecule has 0 aliphatic carbocycles. The largest absolute Gasteiger partial charge is 0.393 e. The van der Waals surface area contributed by atoms with Crippen molar-refractivity contribution in [2.75, 3.05) is 33.2 Å². The van der Waals surface area contributed by atoms with Gasteiger partial charge in [-0.05, 0) is 45.8 Å². The molecule has 112 valence electrons. The Kier molecular flexibility index (Phi) is 4.38. The van der Waals surface area contributed by atoms with Crippen LogP contribution in [0.2, 0.25) is 0 Å². The van der Waals surface area contributed by atoms with Crippen molar-refractivity contribution in [2.24, 2.45) is 0 Å². The van der Waals surface area contributed by atoms with Crippen molar-refractivity contribution >= 4 is 0 Å². The normalized spacial score (nSPS) is 24.3. The number of likely N-dealkylation sites (tertiary alicyclic amines) is 2. The number of aromatic nitrogens is 2. The smallest absolute Gasteiger partial charge is 0.0952 e. The van der Waals surface area contributed by atoms with E-state index in [1.165, 1.54) is 31.6 Å². The van der Waals surface area contributed by atoms with Crippen LogP contribution in [0, 0.1) is 0 Å². The van der Waals surface area contributed by atoms with Crippen LogP contribution in [0.25, 0.3) is 0 Å². The second kappa shape index (κ2) is 6.24. The van der Waals surface area contributed by atoms with Crippen LogP contribution in [0.15, 0.2) is 12.5 Å². The number of hydrogen-bond acceptors (Lipinski definition) is 4. The van der Waals surface area contributed by atoms with Crippen molar-refractivity contribution in [3.63, 3.8) is 0 Å². The maximum atomic E-state index is 9.54. The Balaban J connectivity index is 1.54. The Hall–Kier alpha value is -0.910. The van der Waals surface area contributed by atoms with E-state index in [-0.39, 0.29) is 6.10 Å². The first-order valence-corrected chi connectivity index (χ1v) is 7.82. The lowest BCUT2D eigenvalue weighted by atomic mass is 10.1. The molecule has 0 spiro atoms. The fourth-order valence-electron chi connectivity index (χ4n) is 3.26. The molecule has 5 heteroatoms. The van der Waals surface area contributed by atoms with Crippen LogP contribution < -0.4 is 0 Å². The second-order valence-corrected chi connectivity index (χ2v) is 6.35. The molecule has 0 atom stereocenters. The fourth-order valence-corrected chi connectivity index (χ4v) is 3.26. The maximum absolute atomic E-state index is 9.54. The Morgan fingerprint density at radius 3 is 2.55 bits per heavy atom. The van der Waals surface area contributed by atoms with Gasteiger partial charge in [0.05, 0.1) is 18.1 Å². The van der Waals surface area contributed by atoms with E-state index in [0.29, 0.717) is 6.04 Å². The Bertz CT molecular complexity index is 417. The van der Waals surface area contributed by atoms with E-state index in [1.54, 1.807) is 0 Å². The molecule has 1 aromatic rings. The third-order valence-electron chi connectivity index (χ3n) is 4.71. The summed E-state index contributed by atoms with van der Waals surface area (Å²) in [6, 6.07) is 0.621. The fraction of sp³-hybridized carbons (Fsp3) is 0.800. The summed E-state index contributed by atoms with van der Waals surface area (Å²) in [6.45, 7) is 5.27. The highest BCUT2D eigenvalue weighted by atomic mass is 16.3. The molecule has 0 radical (unpaired) electrons. The highest BCUT2D eigenvalue weighted by molar-refractivity contribution is 4.99. The summed E-state index contributed by atoms with van der Waals surface area (Å²) in [7, 11) is 2.19. The van der Waals surface area contributed by atoms with Crippen LogP contribution >= 0.6 is 0 Å². The van der Waals surface area contributed by atoms with E-state index in [2.05, 4.69) is 32.6 Å². The molecule has 3 rings (SSSR count).